The van der Waals surface area contributed by atoms with Crippen molar-refractivity contribution >= 4 is 15.9 Å². The molecule has 20 heavy (non-hydrogen) atoms. The van der Waals surface area contributed by atoms with E-state index < -0.39 is 15.9 Å². The van der Waals surface area contributed by atoms with Crippen molar-refractivity contribution in [2.45, 2.75) is 30.6 Å². The Kier molecular flexibility index (Phi) is 4.77. The lowest BCUT2D eigenvalue weighted by Gasteiger charge is -2.29. The molecule has 0 aliphatic heterocycles. The summed E-state index contributed by atoms with van der Waals surface area (Å²) < 4.78 is 26.4. The van der Waals surface area contributed by atoms with E-state index in [1.54, 1.807) is 18.2 Å². The molecule has 0 saturated heterocycles. The van der Waals surface area contributed by atoms with Gasteiger partial charge in [-0.25, -0.2) is 13.1 Å². The molecule has 110 valence electrons. The molecule has 0 radical (unpaired) electrons. The van der Waals surface area contributed by atoms with Crippen molar-refractivity contribution < 1.29 is 13.2 Å². The second-order valence-corrected chi connectivity index (χ2v) is 6.85. The number of carbonyl (C=O) groups excluding carboxylic acids is 1. The number of amides is 1. The van der Waals surface area contributed by atoms with E-state index in [-0.39, 0.29) is 16.7 Å². The van der Waals surface area contributed by atoms with Crippen LogP contribution >= 0.6 is 0 Å². The summed E-state index contributed by atoms with van der Waals surface area (Å²) in [6, 6.07) is 7.92. The lowest BCUT2D eigenvalue weighted by atomic mass is 9.79. The highest BCUT2D eigenvalue weighted by Gasteiger charge is 2.32. The van der Waals surface area contributed by atoms with Crippen molar-refractivity contribution in [3.63, 3.8) is 0 Å². The van der Waals surface area contributed by atoms with E-state index >= 15 is 0 Å². The Morgan fingerprint density at radius 1 is 1.20 bits per heavy atom. The molecule has 3 N–H and O–H groups in total. The van der Waals surface area contributed by atoms with Gasteiger partial charge in [0.25, 0.3) is 10.0 Å². The molecule has 2 atom stereocenters. The van der Waals surface area contributed by atoms with Crippen molar-refractivity contribution in [1.29, 1.82) is 0 Å². The topological polar surface area (TPSA) is 89.3 Å². The van der Waals surface area contributed by atoms with E-state index in [0.29, 0.717) is 13.0 Å². The largest absolute Gasteiger partial charge is 0.330 e. The molecule has 0 spiro atoms. The fraction of sp³-hybridized carbons (Fsp3) is 0.500. The van der Waals surface area contributed by atoms with Crippen LogP contribution in [0.3, 0.4) is 0 Å². The Balaban J connectivity index is 2.11. The van der Waals surface area contributed by atoms with Gasteiger partial charge in [0, 0.05) is 5.92 Å². The molecule has 5 nitrogen and oxygen atoms in total. The van der Waals surface area contributed by atoms with Gasteiger partial charge in [0.1, 0.15) is 0 Å². The van der Waals surface area contributed by atoms with E-state index in [2.05, 4.69) is 4.72 Å². The predicted molar refractivity (Wildman–Crippen MR) is 76.3 cm³/mol. The number of rotatable bonds is 4. The summed E-state index contributed by atoms with van der Waals surface area (Å²) in [7, 11) is -3.78. The minimum absolute atomic E-state index is 0.0784. The van der Waals surface area contributed by atoms with Gasteiger partial charge in [0.05, 0.1) is 4.90 Å². The number of hydrogen-bond donors (Lipinski definition) is 2. The van der Waals surface area contributed by atoms with Gasteiger partial charge in [0.2, 0.25) is 5.91 Å². The van der Waals surface area contributed by atoms with Crippen molar-refractivity contribution in [1.82, 2.24) is 4.72 Å². The third-order valence-electron chi connectivity index (χ3n) is 3.84. The maximum absolute atomic E-state index is 12.2. The van der Waals surface area contributed by atoms with E-state index in [9.17, 15) is 13.2 Å². The lowest BCUT2D eigenvalue weighted by Crippen LogP contribution is -2.41. The van der Waals surface area contributed by atoms with Crippen molar-refractivity contribution in [3.8, 4) is 0 Å². The van der Waals surface area contributed by atoms with Crippen LogP contribution in [-0.4, -0.2) is 20.9 Å². The number of hydrogen-bond acceptors (Lipinski definition) is 4. The monoisotopic (exact) mass is 296 g/mol. The van der Waals surface area contributed by atoms with Gasteiger partial charge in [-0.1, -0.05) is 31.0 Å². The summed E-state index contributed by atoms with van der Waals surface area (Å²) in [6.07, 6.45) is 3.59. The smallest absolute Gasteiger partial charge is 0.264 e. The van der Waals surface area contributed by atoms with E-state index in [1.165, 1.54) is 12.1 Å². The van der Waals surface area contributed by atoms with Crippen molar-refractivity contribution in [2.24, 2.45) is 17.6 Å². The van der Waals surface area contributed by atoms with Crippen LogP contribution in [0.1, 0.15) is 25.7 Å². The van der Waals surface area contributed by atoms with Gasteiger partial charge in [-0.2, -0.15) is 0 Å². The number of benzene rings is 1. The van der Waals surface area contributed by atoms with Crippen LogP contribution in [0.15, 0.2) is 35.2 Å². The zero-order valence-electron chi connectivity index (χ0n) is 11.3. The van der Waals surface area contributed by atoms with Gasteiger partial charge in [-0.15, -0.1) is 0 Å². The molecule has 1 amide bonds. The van der Waals surface area contributed by atoms with Gasteiger partial charge in [0.15, 0.2) is 0 Å². The number of carbonyl (C=O) groups is 1. The molecule has 1 aromatic rings. The molecule has 1 fully saturated rings. The molecule has 1 aliphatic carbocycles. The Morgan fingerprint density at radius 3 is 2.50 bits per heavy atom. The highest BCUT2D eigenvalue weighted by atomic mass is 32.2. The minimum atomic E-state index is -3.78. The number of nitrogens with one attached hydrogen (secondary N) is 1. The second-order valence-electron chi connectivity index (χ2n) is 5.17. The first-order valence-electron chi connectivity index (χ1n) is 6.86. The third kappa shape index (κ3) is 3.37. The van der Waals surface area contributed by atoms with Crippen LogP contribution < -0.4 is 10.5 Å². The molecular formula is C14H20N2O3S. The SMILES string of the molecule is NCC1CCCCC1C(=O)NS(=O)(=O)c1ccccc1. The second kappa shape index (κ2) is 6.37. The quantitative estimate of drug-likeness (QED) is 0.875. The first-order valence-corrected chi connectivity index (χ1v) is 8.34. The maximum atomic E-state index is 12.2. The van der Waals surface area contributed by atoms with Crippen molar-refractivity contribution in [2.75, 3.05) is 6.54 Å². The molecule has 0 heterocycles. The van der Waals surface area contributed by atoms with E-state index in [0.717, 1.165) is 19.3 Å². The predicted octanol–water partition coefficient (Wildman–Crippen LogP) is 1.26. The van der Waals surface area contributed by atoms with Crippen LogP contribution in [-0.2, 0) is 14.8 Å². The molecular weight excluding hydrogens is 276 g/mol. The maximum Gasteiger partial charge on any atom is 0.264 e. The van der Waals surface area contributed by atoms with Crippen LogP contribution in [0.2, 0.25) is 0 Å². The zero-order chi connectivity index (χ0) is 14.6. The summed E-state index contributed by atoms with van der Waals surface area (Å²) >= 11 is 0. The van der Waals surface area contributed by atoms with Crippen LogP contribution in [0.4, 0.5) is 0 Å². The summed E-state index contributed by atoms with van der Waals surface area (Å²) in [6.45, 7) is 0.420. The highest BCUT2D eigenvalue weighted by Crippen LogP contribution is 2.29. The molecule has 2 rings (SSSR count). The summed E-state index contributed by atoms with van der Waals surface area (Å²) in [5.41, 5.74) is 5.68. The molecule has 0 aromatic heterocycles. The first-order chi connectivity index (χ1) is 9.54. The average Bonchev–Trinajstić information content (AvgIpc) is 2.47. The molecule has 1 aliphatic rings. The Morgan fingerprint density at radius 2 is 1.85 bits per heavy atom. The molecule has 1 saturated carbocycles. The molecule has 1 aromatic carbocycles. The summed E-state index contributed by atoms with van der Waals surface area (Å²) in [4.78, 5) is 12.3. The first kappa shape index (κ1) is 15.0. The van der Waals surface area contributed by atoms with Crippen LogP contribution in [0, 0.1) is 11.8 Å². The van der Waals surface area contributed by atoms with Crippen molar-refractivity contribution in [3.05, 3.63) is 30.3 Å². The Labute approximate surface area is 119 Å². The molecule has 2 unspecified atom stereocenters. The summed E-state index contributed by atoms with van der Waals surface area (Å²) in [5, 5.41) is 0. The fourth-order valence-corrected chi connectivity index (χ4v) is 3.75. The zero-order valence-corrected chi connectivity index (χ0v) is 12.1. The average molecular weight is 296 g/mol. The Bertz CT molecular complexity index is 557. The fourth-order valence-electron chi connectivity index (χ4n) is 2.70. The minimum Gasteiger partial charge on any atom is -0.330 e. The van der Waals surface area contributed by atoms with E-state index in [1.807, 2.05) is 0 Å². The van der Waals surface area contributed by atoms with Gasteiger partial charge < -0.3 is 5.73 Å². The van der Waals surface area contributed by atoms with Gasteiger partial charge in [-0.3, -0.25) is 4.79 Å². The molecule has 0 bridgehead atoms. The number of sulfonamides is 1. The van der Waals surface area contributed by atoms with E-state index in [4.69, 9.17) is 5.73 Å². The van der Waals surface area contributed by atoms with Crippen LogP contribution in [0.25, 0.3) is 0 Å². The number of nitrogens with two attached hydrogens (primary N) is 1. The summed E-state index contributed by atoms with van der Waals surface area (Å²) in [5.74, 6) is -0.647. The standard InChI is InChI=1S/C14H20N2O3S/c15-10-11-6-4-5-9-13(11)14(17)16-20(18,19)12-7-2-1-3-8-12/h1-3,7-8,11,13H,4-6,9-10,15H2,(H,16,17). The highest BCUT2D eigenvalue weighted by molar-refractivity contribution is 7.90. The van der Waals surface area contributed by atoms with Gasteiger partial charge >= 0.3 is 0 Å². The lowest BCUT2D eigenvalue weighted by molar-refractivity contribution is -0.125. The third-order valence-corrected chi connectivity index (χ3v) is 5.20. The normalized spacial score (nSPS) is 23.2. The Hall–Kier alpha value is -1.40. The van der Waals surface area contributed by atoms with Gasteiger partial charge in [-0.05, 0) is 37.4 Å². The molecule has 6 heteroatoms. The van der Waals surface area contributed by atoms with Crippen LogP contribution in [0.5, 0.6) is 0 Å².